The van der Waals surface area contributed by atoms with Crippen molar-refractivity contribution in [3.63, 3.8) is 0 Å². The van der Waals surface area contributed by atoms with Gasteiger partial charge >= 0.3 is 0 Å². The quantitative estimate of drug-likeness (QED) is 0.568. The minimum atomic E-state index is 0.230. The first-order valence-corrected chi connectivity index (χ1v) is 8.64. The Morgan fingerprint density at radius 3 is 2.00 bits per heavy atom. The molecule has 0 aromatic heterocycles. The normalized spacial score (nSPS) is 12.5. The van der Waals surface area contributed by atoms with Gasteiger partial charge in [0.25, 0.3) is 0 Å². The first kappa shape index (κ1) is 20.2. The van der Waals surface area contributed by atoms with Crippen LogP contribution >= 0.6 is 0 Å². The van der Waals surface area contributed by atoms with Crippen molar-refractivity contribution >= 4 is 0 Å². The van der Waals surface area contributed by atoms with Gasteiger partial charge in [-0.05, 0) is 28.9 Å². The molecule has 1 atom stereocenters. The molecular weight excluding hydrogens is 256 g/mol. The minimum Gasteiger partial charge on any atom is -0.376 e. The van der Waals surface area contributed by atoms with Crippen LogP contribution in [0.15, 0.2) is 24.3 Å². The summed E-state index contributed by atoms with van der Waals surface area (Å²) in [6, 6.07) is 8.84. The predicted molar refractivity (Wildman–Crippen MR) is 94.8 cm³/mol. The standard InChI is InChI=1S/C18H30O.C2H6/c1-6-8-15(7-2)13-19-14-16-9-11-17(12-10-16)18(3,4)5;1-2/h9-12,15H,6-8,13-14H2,1-5H3;1-2H3. The molecule has 0 aliphatic rings. The maximum absolute atomic E-state index is 5.85. The van der Waals surface area contributed by atoms with E-state index in [1.807, 2.05) is 13.8 Å². The Balaban J connectivity index is 0.00000191. The van der Waals surface area contributed by atoms with Crippen molar-refractivity contribution in [3.8, 4) is 0 Å². The molecule has 1 aromatic rings. The fourth-order valence-electron chi connectivity index (χ4n) is 2.26. The van der Waals surface area contributed by atoms with Gasteiger partial charge in [-0.1, -0.05) is 85.6 Å². The van der Waals surface area contributed by atoms with Crippen LogP contribution in [0.4, 0.5) is 0 Å². The molecule has 0 saturated carbocycles. The summed E-state index contributed by atoms with van der Waals surface area (Å²) in [5, 5.41) is 0. The zero-order valence-electron chi connectivity index (χ0n) is 15.3. The fraction of sp³-hybridized carbons (Fsp3) is 0.700. The van der Waals surface area contributed by atoms with E-state index in [2.05, 4.69) is 58.9 Å². The van der Waals surface area contributed by atoms with Crippen molar-refractivity contribution in [2.75, 3.05) is 6.61 Å². The van der Waals surface area contributed by atoms with Crippen molar-refractivity contribution in [3.05, 3.63) is 35.4 Å². The van der Waals surface area contributed by atoms with Crippen LogP contribution in [0.3, 0.4) is 0 Å². The lowest BCUT2D eigenvalue weighted by molar-refractivity contribution is 0.0825. The molecule has 0 N–H and O–H groups in total. The van der Waals surface area contributed by atoms with Gasteiger partial charge in [0.15, 0.2) is 0 Å². The molecule has 21 heavy (non-hydrogen) atoms. The second-order valence-corrected chi connectivity index (χ2v) is 6.53. The summed E-state index contributed by atoms with van der Waals surface area (Å²) in [4.78, 5) is 0. The largest absolute Gasteiger partial charge is 0.376 e. The molecule has 0 heterocycles. The van der Waals surface area contributed by atoms with Crippen LogP contribution in [0.1, 0.15) is 78.9 Å². The highest BCUT2D eigenvalue weighted by molar-refractivity contribution is 5.27. The van der Waals surface area contributed by atoms with Gasteiger partial charge in [0, 0.05) is 6.61 Å². The highest BCUT2D eigenvalue weighted by atomic mass is 16.5. The van der Waals surface area contributed by atoms with E-state index in [0.29, 0.717) is 0 Å². The second-order valence-electron chi connectivity index (χ2n) is 6.53. The summed E-state index contributed by atoms with van der Waals surface area (Å²) in [6.45, 7) is 16.9. The lowest BCUT2D eigenvalue weighted by atomic mass is 9.87. The van der Waals surface area contributed by atoms with Gasteiger partial charge in [-0.2, -0.15) is 0 Å². The zero-order valence-corrected chi connectivity index (χ0v) is 15.3. The molecule has 122 valence electrons. The first-order chi connectivity index (χ1) is 9.97. The van der Waals surface area contributed by atoms with Crippen molar-refractivity contribution < 1.29 is 4.74 Å². The van der Waals surface area contributed by atoms with Gasteiger partial charge in [-0.15, -0.1) is 0 Å². The van der Waals surface area contributed by atoms with Crippen LogP contribution in [-0.4, -0.2) is 6.61 Å². The SMILES string of the molecule is CC.CCCC(CC)COCc1ccc(C(C)(C)C)cc1. The molecule has 0 aliphatic carbocycles. The minimum absolute atomic E-state index is 0.230. The van der Waals surface area contributed by atoms with Gasteiger partial charge in [0.1, 0.15) is 0 Å². The van der Waals surface area contributed by atoms with E-state index >= 15 is 0 Å². The summed E-state index contributed by atoms with van der Waals surface area (Å²) >= 11 is 0. The third-order valence-electron chi connectivity index (χ3n) is 3.72. The number of hydrogen-bond acceptors (Lipinski definition) is 1. The van der Waals surface area contributed by atoms with Crippen LogP contribution in [0, 0.1) is 5.92 Å². The molecule has 1 aromatic carbocycles. The predicted octanol–water partition coefficient (Wildman–Crippen LogP) is 6.35. The average Bonchev–Trinajstić information content (AvgIpc) is 2.48. The van der Waals surface area contributed by atoms with Gasteiger partial charge < -0.3 is 4.74 Å². The van der Waals surface area contributed by atoms with E-state index in [0.717, 1.165) is 19.1 Å². The van der Waals surface area contributed by atoms with Crippen LogP contribution in [0.5, 0.6) is 0 Å². The van der Waals surface area contributed by atoms with E-state index in [1.54, 1.807) is 0 Å². The Morgan fingerprint density at radius 1 is 1.00 bits per heavy atom. The number of ether oxygens (including phenoxy) is 1. The third kappa shape index (κ3) is 8.26. The lowest BCUT2D eigenvalue weighted by Gasteiger charge is -2.19. The Kier molecular flexibility index (Phi) is 10.4. The summed E-state index contributed by atoms with van der Waals surface area (Å²) in [6.07, 6.45) is 3.75. The summed E-state index contributed by atoms with van der Waals surface area (Å²) in [5.41, 5.74) is 2.89. The van der Waals surface area contributed by atoms with Crippen molar-refractivity contribution in [2.24, 2.45) is 5.92 Å². The van der Waals surface area contributed by atoms with Gasteiger partial charge in [-0.25, -0.2) is 0 Å². The molecule has 0 aliphatic heterocycles. The van der Waals surface area contributed by atoms with Gasteiger partial charge in [-0.3, -0.25) is 0 Å². The molecule has 1 unspecified atom stereocenters. The van der Waals surface area contributed by atoms with Crippen molar-refractivity contribution in [2.45, 2.75) is 79.8 Å². The molecule has 1 rings (SSSR count). The molecular formula is C20H36O. The van der Waals surface area contributed by atoms with Crippen molar-refractivity contribution in [1.82, 2.24) is 0 Å². The first-order valence-electron chi connectivity index (χ1n) is 8.64. The lowest BCUT2D eigenvalue weighted by Crippen LogP contribution is -2.11. The topological polar surface area (TPSA) is 9.23 Å². The average molecular weight is 293 g/mol. The summed E-state index contributed by atoms with van der Waals surface area (Å²) < 4.78 is 5.85. The van der Waals surface area contributed by atoms with Crippen LogP contribution in [-0.2, 0) is 16.8 Å². The van der Waals surface area contributed by atoms with Gasteiger partial charge in [0.2, 0.25) is 0 Å². The van der Waals surface area contributed by atoms with E-state index in [4.69, 9.17) is 4.74 Å². The maximum atomic E-state index is 5.85. The summed E-state index contributed by atoms with van der Waals surface area (Å²) in [5.74, 6) is 0.721. The van der Waals surface area contributed by atoms with E-state index in [-0.39, 0.29) is 5.41 Å². The fourth-order valence-corrected chi connectivity index (χ4v) is 2.26. The molecule has 0 bridgehead atoms. The Hall–Kier alpha value is -0.820. The Bertz CT molecular complexity index is 345. The van der Waals surface area contributed by atoms with Crippen LogP contribution in [0.25, 0.3) is 0 Å². The number of rotatable bonds is 7. The van der Waals surface area contributed by atoms with E-state index < -0.39 is 0 Å². The second kappa shape index (κ2) is 10.8. The Labute approximate surface area is 133 Å². The van der Waals surface area contributed by atoms with Gasteiger partial charge in [0.05, 0.1) is 6.61 Å². The molecule has 0 radical (unpaired) electrons. The summed E-state index contributed by atoms with van der Waals surface area (Å²) in [7, 11) is 0. The van der Waals surface area contributed by atoms with Crippen LogP contribution in [0.2, 0.25) is 0 Å². The molecule has 0 amide bonds. The molecule has 0 saturated heterocycles. The monoisotopic (exact) mass is 292 g/mol. The highest BCUT2D eigenvalue weighted by Crippen LogP contribution is 2.22. The Morgan fingerprint density at radius 2 is 1.57 bits per heavy atom. The highest BCUT2D eigenvalue weighted by Gasteiger charge is 2.12. The molecule has 0 fully saturated rings. The third-order valence-corrected chi connectivity index (χ3v) is 3.72. The van der Waals surface area contributed by atoms with E-state index in [1.165, 1.54) is 30.4 Å². The number of hydrogen-bond donors (Lipinski definition) is 0. The van der Waals surface area contributed by atoms with Crippen LogP contribution < -0.4 is 0 Å². The molecule has 0 spiro atoms. The smallest absolute Gasteiger partial charge is 0.0717 e. The number of benzene rings is 1. The van der Waals surface area contributed by atoms with E-state index in [9.17, 15) is 0 Å². The molecule has 1 heteroatoms. The van der Waals surface area contributed by atoms with Crippen molar-refractivity contribution in [1.29, 1.82) is 0 Å². The molecule has 1 nitrogen and oxygen atoms in total. The maximum Gasteiger partial charge on any atom is 0.0717 e. The zero-order chi connectivity index (χ0) is 16.3.